The molecule has 1 aliphatic rings. The van der Waals surface area contributed by atoms with Gasteiger partial charge in [0.2, 0.25) is 5.96 Å². The zero-order valence-electron chi connectivity index (χ0n) is 17.1. The second kappa shape index (κ2) is 7.66. The number of carboxylic acids is 1. The van der Waals surface area contributed by atoms with Crippen LogP contribution in [0, 0.1) is 0 Å². The van der Waals surface area contributed by atoms with Crippen LogP contribution < -0.4 is 25.8 Å². The second-order valence-corrected chi connectivity index (χ2v) is 6.98. The monoisotopic (exact) mass is 418 g/mol. The highest BCUT2D eigenvalue weighted by atomic mass is 16.5. The van der Waals surface area contributed by atoms with Gasteiger partial charge in [0, 0.05) is 11.1 Å². The molecule has 0 radical (unpaired) electrons. The number of hydrogen-bond donors (Lipinski definition) is 3. The molecule has 1 atom stereocenters. The zero-order chi connectivity index (χ0) is 22.2. The van der Waals surface area contributed by atoms with Gasteiger partial charge in [-0.2, -0.15) is 0 Å². The Labute approximate surface area is 179 Å². The van der Waals surface area contributed by atoms with Crippen molar-refractivity contribution in [3.8, 4) is 11.5 Å². The highest BCUT2D eigenvalue weighted by Crippen LogP contribution is 2.47. The Morgan fingerprint density at radius 3 is 2.29 bits per heavy atom. The van der Waals surface area contributed by atoms with Gasteiger partial charge in [-0.05, 0) is 36.4 Å². The summed E-state index contributed by atoms with van der Waals surface area (Å²) in [7, 11) is 3.10. The van der Waals surface area contributed by atoms with Gasteiger partial charge in [0.05, 0.1) is 31.2 Å². The number of aliphatic imine (C=N–C) groups is 1. The van der Waals surface area contributed by atoms with E-state index in [1.807, 2.05) is 36.4 Å². The number of fused-ring (bicyclic) bond motifs is 1. The topological polar surface area (TPSA) is 123 Å². The molecule has 158 valence electrons. The smallest absolute Gasteiger partial charge is 0.335 e. The molecule has 1 aliphatic heterocycles. The third-order valence-electron chi connectivity index (χ3n) is 5.31. The number of para-hydroxylation sites is 3. The van der Waals surface area contributed by atoms with Crippen LogP contribution in [0.2, 0.25) is 0 Å². The lowest BCUT2D eigenvalue weighted by Crippen LogP contribution is -2.61. The van der Waals surface area contributed by atoms with Crippen LogP contribution in [0.3, 0.4) is 0 Å². The number of aromatic carboxylic acids is 1. The lowest BCUT2D eigenvalue weighted by molar-refractivity contribution is 0.0696. The standard InChI is InChI=1S/C23H22N4O4/c1-30-19-9-5-3-7-15(19)23(25)16-13-14(21(28)29)11-12-17(16)26-22(24)27(23)18-8-4-6-10-20(18)31-2/h3-13H,25H2,1-2H3,(H2,24,26)(H,28,29). The van der Waals surface area contributed by atoms with Crippen molar-refractivity contribution in [1.82, 2.24) is 0 Å². The average Bonchev–Trinajstić information content (AvgIpc) is 2.79. The van der Waals surface area contributed by atoms with Crippen molar-refractivity contribution in [2.45, 2.75) is 5.66 Å². The molecule has 1 unspecified atom stereocenters. The van der Waals surface area contributed by atoms with Gasteiger partial charge in [-0.3, -0.25) is 4.90 Å². The second-order valence-electron chi connectivity index (χ2n) is 6.98. The number of nitrogens with zero attached hydrogens (tertiary/aromatic N) is 2. The molecule has 0 aromatic heterocycles. The molecule has 0 aliphatic carbocycles. The van der Waals surface area contributed by atoms with Crippen LogP contribution in [0.4, 0.5) is 11.4 Å². The molecule has 8 heteroatoms. The van der Waals surface area contributed by atoms with Crippen molar-refractivity contribution >= 4 is 23.3 Å². The maximum atomic E-state index is 11.7. The Hall–Kier alpha value is -4.04. The first-order chi connectivity index (χ1) is 14.9. The predicted molar refractivity (Wildman–Crippen MR) is 118 cm³/mol. The maximum absolute atomic E-state index is 11.7. The number of hydrogen-bond acceptors (Lipinski definition) is 7. The molecule has 0 amide bonds. The lowest BCUT2D eigenvalue weighted by atomic mass is 9.85. The molecular formula is C23H22N4O4. The summed E-state index contributed by atoms with van der Waals surface area (Å²) in [6, 6.07) is 19.1. The SMILES string of the molecule is COc1ccccc1N1C(N)=Nc2ccc(C(=O)O)cc2C1(N)c1ccccc1OC. The number of carboxylic acid groups (broad SMARTS) is 1. The lowest BCUT2D eigenvalue weighted by Gasteiger charge is -2.45. The molecule has 8 nitrogen and oxygen atoms in total. The largest absolute Gasteiger partial charge is 0.496 e. The molecule has 3 aromatic rings. The van der Waals surface area contributed by atoms with Crippen molar-refractivity contribution < 1.29 is 19.4 Å². The number of guanidine groups is 1. The molecule has 0 saturated carbocycles. The van der Waals surface area contributed by atoms with E-state index in [2.05, 4.69) is 4.99 Å². The summed E-state index contributed by atoms with van der Waals surface area (Å²) >= 11 is 0. The molecule has 3 aromatic carbocycles. The number of nitrogens with two attached hydrogens (primary N) is 2. The summed E-state index contributed by atoms with van der Waals surface area (Å²) in [5, 5.41) is 9.59. The Bertz CT molecular complexity index is 1190. The van der Waals surface area contributed by atoms with Gasteiger partial charge >= 0.3 is 5.97 Å². The van der Waals surface area contributed by atoms with Crippen LogP contribution in [0.15, 0.2) is 71.7 Å². The van der Waals surface area contributed by atoms with Crippen LogP contribution >= 0.6 is 0 Å². The van der Waals surface area contributed by atoms with E-state index in [4.69, 9.17) is 20.9 Å². The summed E-state index contributed by atoms with van der Waals surface area (Å²) in [5.41, 5.74) is 14.4. The molecule has 5 N–H and O–H groups in total. The van der Waals surface area contributed by atoms with Crippen LogP contribution in [0.5, 0.6) is 11.5 Å². The van der Waals surface area contributed by atoms with Gasteiger partial charge in [-0.25, -0.2) is 9.79 Å². The average molecular weight is 418 g/mol. The number of anilines is 1. The summed E-state index contributed by atoms with van der Waals surface area (Å²) in [6.45, 7) is 0. The molecule has 0 saturated heterocycles. The summed E-state index contributed by atoms with van der Waals surface area (Å²) in [4.78, 5) is 17.9. The minimum absolute atomic E-state index is 0.0825. The van der Waals surface area contributed by atoms with E-state index in [0.717, 1.165) is 0 Å². The quantitative estimate of drug-likeness (QED) is 0.582. The van der Waals surface area contributed by atoms with Crippen molar-refractivity contribution in [2.75, 3.05) is 19.1 Å². The molecule has 0 bridgehead atoms. The number of carbonyl (C=O) groups is 1. The van der Waals surface area contributed by atoms with Crippen LogP contribution in [-0.2, 0) is 5.66 Å². The minimum atomic E-state index is -1.44. The molecule has 4 rings (SSSR count). The van der Waals surface area contributed by atoms with E-state index in [1.165, 1.54) is 12.1 Å². The number of benzene rings is 3. The highest BCUT2D eigenvalue weighted by molar-refractivity contribution is 6.03. The van der Waals surface area contributed by atoms with Gasteiger partial charge in [0.15, 0.2) is 5.66 Å². The third kappa shape index (κ3) is 3.13. The molecule has 1 heterocycles. The van der Waals surface area contributed by atoms with Crippen molar-refractivity contribution in [3.63, 3.8) is 0 Å². The fourth-order valence-corrected chi connectivity index (χ4v) is 3.90. The van der Waals surface area contributed by atoms with Crippen LogP contribution in [0.25, 0.3) is 0 Å². The Morgan fingerprint density at radius 2 is 1.61 bits per heavy atom. The maximum Gasteiger partial charge on any atom is 0.335 e. The molecule has 31 heavy (non-hydrogen) atoms. The Morgan fingerprint density at radius 1 is 0.968 bits per heavy atom. The van der Waals surface area contributed by atoms with Crippen molar-refractivity contribution in [2.24, 2.45) is 16.5 Å². The van der Waals surface area contributed by atoms with Gasteiger partial charge in [-0.1, -0.05) is 30.3 Å². The van der Waals surface area contributed by atoms with Crippen molar-refractivity contribution in [1.29, 1.82) is 0 Å². The molecule has 0 fully saturated rings. The Balaban J connectivity index is 2.10. The minimum Gasteiger partial charge on any atom is -0.496 e. The van der Waals surface area contributed by atoms with Gasteiger partial charge in [0.1, 0.15) is 11.5 Å². The number of ether oxygens (including phenoxy) is 2. The predicted octanol–water partition coefficient (Wildman–Crippen LogP) is 3.03. The van der Waals surface area contributed by atoms with E-state index in [1.54, 1.807) is 37.3 Å². The van der Waals surface area contributed by atoms with Crippen LogP contribution in [-0.4, -0.2) is 31.3 Å². The van der Waals surface area contributed by atoms with Gasteiger partial charge in [0.25, 0.3) is 0 Å². The zero-order valence-corrected chi connectivity index (χ0v) is 17.1. The van der Waals surface area contributed by atoms with E-state index in [9.17, 15) is 9.90 Å². The van der Waals surface area contributed by atoms with Gasteiger partial charge in [-0.15, -0.1) is 0 Å². The van der Waals surface area contributed by atoms with E-state index < -0.39 is 11.6 Å². The fraction of sp³-hybridized carbons (Fsp3) is 0.130. The van der Waals surface area contributed by atoms with E-state index >= 15 is 0 Å². The normalized spacial score (nSPS) is 17.5. The first-order valence-corrected chi connectivity index (χ1v) is 9.49. The van der Waals surface area contributed by atoms with Gasteiger partial charge < -0.3 is 26.0 Å². The number of rotatable bonds is 5. The van der Waals surface area contributed by atoms with Crippen LogP contribution in [0.1, 0.15) is 21.5 Å². The first kappa shape index (κ1) is 20.2. The Kier molecular flexibility index (Phi) is 5.00. The highest BCUT2D eigenvalue weighted by Gasteiger charge is 2.46. The summed E-state index contributed by atoms with van der Waals surface area (Å²) < 4.78 is 11.1. The van der Waals surface area contributed by atoms with E-state index in [-0.39, 0.29) is 11.5 Å². The first-order valence-electron chi connectivity index (χ1n) is 9.49. The summed E-state index contributed by atoms with van der Waals surface area (Å²) in [6.07, 6.45) is 0. The fourth-order valence-electron chi connectivity index (χ4n) is 3.90. The number of methoxy groups -OCH3 is 2. The summed E-state index contributed by atoms with van der Waals surface area (Å²) in [5.74, 6) is 0.111. The van der Waals surface area contributed by atoms with E-state index in [0.29, 0.717) is 34.0 Å². The molecule has 0 spiro atoms. The molecular weight excluding hydrogens is 396 g/mol. The third-order valence-corrected chi connectivity index (χ3v) is 5.31. The van der Waals surface area contributed by atoms with Crippen molar-refractivity contribution in [3.05, 3.63) is 83.4 Å².